The number of hydrogen-bond acceptors (Lipinski definition) is 1. The molecule has 0 saturated heterocycles. The summed E-state index contributed by atoms with van der Waals surface area (Å²) < 4.78 is 5.18. The van der Waals surface area contributed by atoms with E-state index in [1.54, 1.807) is 0 Å². The molecule has 0 aromatic heterocycles. The number of benzene rings is 2. The van der Waals surface area contributed by atoms with Gasteiger partial charge in [0.15, 0.2) is 9.76 Å². The normalized spacial score (nSPS) is 13.0. The molecule has 0 N–H and O–H groups in total. The van der Waals surface area contributed by atoms with E-state index in [1.807, 2.05) is 60.7 Å². The van der Waals surface area contributed by atoms with Gasteiger partial charge in [-0.25, -0.2) is 24.3 Å². The third-order valence-corrected chi connectivity index (χ3v) is 4.96. The summed E-state index contributed by atoms with van der Waals surface area (Å²) in [5.41, 5.74) is 2.44. The second-order valence-corrected chi connectivity index (χ2v) is 7.96. The molecule has 3 heteroatoms. The maximum absolute atomic E-state index is 5.18. The smallest absolute Gasteiger partial charge is 0.422 e. The molecule has 0 saturated carbocycles. The molecular formula is C30H36OSiZr. The molecular weight excluding hydrogens is 496 g/mol. The summed E-state index contributed by atoms with van der Waals surface area (Å²) in [5.74, 6) is 0. The van der Waals surface area contributed by atoms with Gasteiger partial charge >= 0.3 is 26.2 Å². The van der Waals surface area contributed by atoms with E-state index in [0.717, 1.165) is 12.8 Å². The molecule has 33 heavy (non-hydrogen) atoms. The van der Waals surface area contributed by atoms with Crippen LogP contribution in [-0.2, 0) is 30.6 Å². The van der Waals surface area contributed by atoms with Crippen molar-refractivity contribution in [1.29, 1.82) is 0 Å². The summed E-state index contributed by atoms with van der Waals surface area (Å²) in [6.07, 6.45) is 28.8. The van der Waals surface area contributed by atoms with Crippen molar-refractivity contribution in [2.75, 3.05) is 0 Å². The average molecular weight is 532 g/mol. The van der Waals surface area contributed by atoms with Gasteiger partial charge in [-0.2, -0.15) is 12.2 Å². The minimum atomic E-state index is -0.133. The summed E-state index contributed by atoms with van der Waals surface area (Å²) in [5, 5.41) is 0. The van der Waals surface area contributed by atoms with Crippen molar-refractivity contribution in [2.45, 2.75) is 39.3 Å². The van der Waals surface area contributed by atoms with Crippen LogP contribution in [0.25, 0.3) is 12.2 Å². The van der Waals surface area contributed by atoms with Gasteiger partial charge in [0.05, 0.1) is 0 Å². The van der Waals surface area contributed by atoms with E-state index in [2.05, 4.69) is 93.3 Å². The molecule has 0 radical (unpaired) electrons. The first kappa shape index (κ1) is 30.9. The van der Waals surface area contributed by atoms with Crippen molar-refractivity contribution in [3.05, 3.63) is 133 Å². The first-order valence-electron chi connectivity index (χ1n) is 11.2. The zero-order chi connectivity index (χ0) is 23.1. The second kappa shape index (κ2) is 23.1. The number of rotatable bonds is 5. The molecule has 0 heterocycles. The van der Waals surface area contributed by atoms with Crippen molar-refractivity contribution in [1.82, 2.24) is 0 Å². The fourth-order valence-corrected chi connectivity index (χ4v) is 3.14. The fraction of sp³-hybridized carbons (Fsp3) is 0.200. The Labute approximate surface area is 223 Å². The van der Waals surface area contributed by atoms with E-state index in [4.69, 9.17) is 4.43 Å². The Bertz CT molecular complexity index is 773. The quantitative estimate of drug-likeness (QED) is 0.220. The number of hydrogen-bond donors (Lipinski definition) is 0. The molecule has 2 aromatic rings. The van der Waals surface area contributed by atoms with Crippen LogP contribution in [0.5, 0.6) is 0 Å². The van der Waals surface area contributed by atoms with E-state index in [-0.39, 0.29) is 36.0 Å². The fourth-order valence-electron chi connectivity index (χ4n) is 2.48. The summed E-state index contributed by atoms with van der Waals surface area (Å²) >= 11 is 0. The van der Waals surface area contributed by atoms with Gasteiger partial charge in [0.25, 0.3) is 0 Å². The van der Waals surface area contributed by atoms with Gasteiger partial charge in [0.2, 0.25) is 0 Å². The first-order valence-corrected chi connectivity index (χ1v) is 13.2. The summed E-state index contributed by atoms with van der Waals surface area (Å²) in [6, 6.07) is 20.6. The minimum Gasteiger partial charge on any atom is -0.422 e. The summed E-state index contributed by atoms with van der Waals surface area (Å²) in [4.78, 5) is 0. The third-order valence-electron chi connectivity index (χ3n) is 3.96. The predicted molar refractivity (Wildman–Crippen MR) is 145 cm³/mol. The van der Waals surface area contributed by atoms with Crippen LogP contribution in [0.4, 0.5) is 0 Å². The van der Waals surface area contributed by atoms with Crippen LogP contribution in [0, 0.1) is 12.2 Å². The van der Waals surface area contributed by atoms with Gasteiger partial charge in [-0.1, -0.05) is 91.5 Å². The third kappa shape index (κ3) is 20.3. The van der Waals surface area contributed by atoms with Crippen molar-refractivity contribution in [2.24, 2.45) is 0 Å². The Hall–Kier alpha value is -2.06. The van der Waals surface area contributed by atoms with Gasteiger partial charge in [-0.15, -0.1) is 12.8 Å². The standard InChI is InChI=1S/C16H14.2C5H5.C4H12OSi.Zr/c1-3-9-15(10-4-1)13-7-8-14-16-11-5-2-6-12-16;2*1-2-4-5-3-1;1-4(2)5-6-3;/h1-14H;2*1-3H,4H2;4H,6H2,1-3H3;/q;2*-1;;+2. The molecule has 1 nitrogen and oxygen atoms in total. The van der Waals surface area contributed by atoms with Gasteiger partial charge in [-0.05, 0) is 25.0 Å². The minimum absolute atomic E-state index is 0. The second-order valence-electron chi connectivity index (χ2n) is 7.05. The zero-order valence-electron chi connectivity index (χ0n) is 20.2. The Kier molecular flexibility index (Phi) is 21.7. The molecule has 0 fully saturated rings. The molecule has 4 rings (SSSR count). The molecule has 0 atom stereocenters. The van der Waals surface area contributed by atoms with Crippen LogP contribution in [0.15, 0.2) is 109 Å². The van der Waals surface area contributed by atoms with Gasteiger partial charge in [-0.3, -0.25) is 12.2 Å². The molecule has 0 spiro atoms. The van der Waals surface area contributed by atoms with Crippen molar-refractivity contribution < 1.29 is 30.6 Å². The predicted octanol–water partition coefficient (Wildman–Crippen LogP) is 7.57. The summed E-state index contributed by atoms with van der Waals surface area (Å²) in [6.45, 7) is 6.27. The zero-order valence-corrected chi connectivity index (χ0v) is 24.0. The Balaban J connectivity index is 0.000000494. The van der Waals surface area contributed by atoms with E-state index in [1.165, 1.54) is 11.1 Å². The van der Waals surface area contributed by atoms with Crippen LogP contribution in [0.2, 0.25) is 6.55 Å². The van der Waals surface area contributed by atoms with Crippen LogP contribution >= 0.6 is 0 Å². The molecule has 0 bridgehead atoms. The van der Waals surface area contributed by atoms with E-state index in [0.29, 0.717) is 6.10 Å². The molecule has 2 aromatic carbocycles. The van der Waals surface area contributed by atoms with E-state index in [9.17, 15) is 0 Å². The molecule has 2 aliphatic rings. The Morgan fingerprint density at radius 2 is 1.18 bits per heavy atom. The van der Waals surface area contributed by atoms with Crippen molar-refractivity contribution in [3.63, 3.8) is 0 Å². The SMILES string of the molecule is C(C=Cc1ccccc1)=Cc1ccccc1.C[SiH2]OC(C)C.[C-]1=CC=CC1.[C-]1=CC=CC1.[Zr+2]. The van der Waals surface area contributed by atoms with Crippen molar-refractivity contribution in [3.8, 4) is 0 Å². The van der Waals surface area contributed by atoms with Gasteiger partial charge in [0.1, 0.15) is 0 Å². The van der Waals surface area contributed by atoms with Crippen molar-refractivity contribution >= 4 is 21.9 Å². The summed E-state index contributed by atoms with van der Waals surface area (Å²) in [7, 11) is -0.133. The van der Waals surface area contributed by atoms with E-state index >= 15 is 0 Å². The van der Waals surface area contributed by atoms with Gasteiger partial charge in [0, 0.05) is 6.10 Å². The molecule has 2 aliphatic carbocycles. The monoisotopic (exact) mass is 530 g/mol. The van der Waals surface area contributed by atoms with Crippen LogP contribution in [-0.4, -0.2) is 15.9 Å². The Morgan fingerprint density at radius 1 is 0.758 bits per heavy atom. The average Bonchev–Trinajstić information content (AvgIpc) is 3.58. The van der Waals surface area contributed by atoms with Crippen LogP contribution in [0.3, 0.4) is 0 Å². The number of allylic oxidation sites excluding steroid dienone is 10. The maximum Gasteiger partial charge on any atom is 2.00 e. The molecule has 0 aliphatic heterocycles. The van der Waals surface area contributed by atoms with Gasteiger partial charge < -0.3 is 4.43 Å². The molecule has 0 unspecified atom stereocenters. The largest absolute Gasteiger partial charge is 2.00 e. The van der Waals surface area contributed by atoms with Crippen LogP contribution in [0.1, 0.15) is 37.8 Å². The Morgan fingerprint density at radius 3 is 1.39 bits per heavy atom. The molecule has 170 valence electrons. The van der Waals surface area contributed by atoms with Crippen LogP contribution < -0.4 is 0 Å². The van der Waals surface area contributed by atoms with E-state index < -0.39 is 0 Å². The first-order chi connectivity index (χ1) is 15.7. The molecule has 0 amide bonds. The maximum atomic E-state index is 5.18. The topological polar surface area (TPSA) is 9.23 Å².